The van der Waals surface area contributed by atoms with Gasteiger partial charge in [0.05, 0.1) is 12.5 Å². The Bertz CT molecular complexity index is 1610. The van der Waals surface area contributed by atoms with Crippen LogP contribution in [0.2, 0.25) is 0 Å². The first-order chi connectivity index (χ1) is 20.4. The number of rotatable bonds is 10. The van der Waals surface area contributed by atoms with E-state index in [1.54, 1.807) is 4.90 Å². The number of hydrogen-bond acceptors (Lipinski definition) is 2. The SMILES string of the molecule is CC(C)c1ccc(CN(C(=O)c2ccc(-c3ccccc3)cc2)C(CC(=O)O)c2ccc(-c3ccccc3)cc2)cc1. The number of nitrogens with zero attached hydrogens (tertiary/aromatic N) is 1. The van der Waals surface area contributed by atoms with E-state index in [4.69, 9.17) is 0 Å². The molecule has 1 atom stereocenters. The number of carboxylic acids is 1. The molecule has 1 unspecified atom stereocenters. The van der Waals surface area contributed by atoms with Crippen LogP contribution in [0.1, 0.15) is 59.3 Å². The number of carbonyl (C=O) groups is 2. The smallest absolute Gasteiger partial charge is 0.305 e. The molecule has 0 radical (unpaired) electrons. The van der Waals surface area contributed by atoms with E-state index in [9.17, 15) is 14.7 Å². The molecule has 42 heavy (non-hydrogen) atoms. The van der Waals surface area contributed by atoms with Crippen LogP contribution in [0.15, 0.2) is 133 Å². The van der Waals surface area contributed by atoms with Gasteiger partial charge in [0.1, 0.15) is 0 Å². The van der Waals surface area contributed by atoms with Crippen molar-refractivity contribution in [3.05, 3.63) is 156 Å². The molecule has 0 spiro atoms. The van der Waals surface area contributed by atoms with Gasteiger partial charge in [-0.25, -0.2) is 0 Å². The molecule has 1 amide bonds. The summed E-state index contributed by atoms with van der Waals surface area (Å²) in [5, 5.41) is 9.97. The first kappa shape index (κ1) is 28.6. The van der Waals surface area contributed by atoms with Crippen molar-refractivity contribution in [3.8, 4) is 22.3 Å². The molecular weight excluding hydrogens is 518 g/mol. The van der Waals surface area contributed by atoms with Gasteiger partial charge in [-0.3, -0.25) is 9.59 Å². The average molecular weight is 554 g/mol. The zero-order valence-corrected chi connectivity index (χ0v) is 24.0. The predicted molar refractivity (Wildman–Crippen MR) is 169 cm³/mol. The highest BCUT2D eigenvalue weighted by atomic mass is 16.4. The molecule has 4 heteroatoms. The van der Waals surface area contributed by atoms with E-state index in [2.05, 4.69) is 26.0 Å². The van der Waals surface area contributed by atoms with Gasteiger partial charge in [0.25, 0.3) is 5.91 Å². The van der Waals surface area contributed by atoms with E-state index in [1.165, 1.54) is 5.56 Å². The monoisotopic (exact) mass is 553 g/mol. The number of hydrogen-bond donors (Lipinski definition) is 1. The highest BCUT2D eigenvalue weighted by Gasteiger charge is 2.29. The second-order valence-corrected chi connectivity index (χ2v) is 10.9. The molecule has 0 saturated carbocycles. The van der Waals surface area contributed by atoms with Crippen molar-refractivity contribution < 1.29 is 14.7 Å². The Hall–Kier alpha value is -4.96. The minimum atomic E-state index is -0.959. The molecule has 0 aromatic heterocycles. The lowest BCUT2D eigenvalue weighted by molar-refractivity contribution is -0.138. The molecular formula is C38H35NO3. The molecule has 0 aliphatic heterocycles. The van der Waals surface area contributed by atoms with Crippen LogP contribution in [0.3, 0.4) is 0 Å². The Morgan fingerprint density at radius 1 is 0.595 bits per heavy atom. The maximum Gasteiger partial charge on any atom is 0.305 e. The molecule has 0 bridgehead atoms. The van der Waals surface area contributed by atoms with Crippen molar-refractivity contribution in [1.29, 1.82) is 0 Å². The van der Waals surface area contributed by atoms with Gasteiger partial charge in [-0.2, -0.15) is 0 Å². The van der Waals surface area contributed by atoms with E-state index in [0.717, 1.165) is 33.4 Å². The zero-order valence-electron chi connectivity index (χ0n) is 24.0. The van der Waals surface area contributed by atoms with Crippen LogP contribution < -0.4 is 0 Å². The summed E-state index contributed by atoms with van der Waals surface area (Å²) in [6.07, 6.45) is -0.206. The zero-order chi connectivity index (χ0) is 29.5. The Morgan fingerprint density at radius 2 is 1.05 bits per heavy atom. The maximum absolute atomic E-state index is 14.2. The summed E-state index contributed by atoms with van der Waals surface area (Å²) in [5.41, 5.74) is 7.66. The van der Waals surface area contributed by atoms with E-state index >= 15 is 0 Å². The standard InChI is InChI=1S/C38H35NO3/c1-27(2)29-15-13-28(14-16-29)26-39(38(42)35-23-19-33(20-24-35)31-11-7-4-8-12-31)36(25-37(40)41)34-21-17-32(18-22-34)30-9-5-3-6-10-30/h3-24,27,36H,25-26H2,1-2H3,(H,40,41). The van der Waals surface area contributed by atoms with Crippen LogP contribution in [0.25, 0.3) is 22.3 Å². The fraction of sp³-hybridized carbons (Fsp3) is 0.158. The van der Waals surface area contributed by atoms with Gasteiger partial charge < -0.3 is 10.0 Å². The Morgan fingerprint density at radius 3 is 1.52 bits per heavy atom. The third kappa shape index (κ3) is 6.84. The molecule has 4 nitrogen and oxygen atoms in total. The second kappa shape index (κ2) is 13.1. The topological polar surface area (TPSA) is 57.6 Å². The number of carboxylic acid groups (broad SMARTS) is 1. The van der Waals surface area contributed by atoms with E-state index < -0.39 is 12.0 Å². The third-order valence-electron chi connectivity index (χ3n) is 7.65. The van der Waals surface area contributed by atoms with E-state index in [-0.39, 0.29) is 18.9 Å². The molecule has 5 aromatic carbocycles. The highest BCUT2D eigenvalue weighted by Crippen LogP contribution is 2.31. The molecule has 0 fully saturated rings. The van der Waals surface area contributed by atoms with E-state index in [1.807, 2.05) is 121 Å². The summed E-state index contributed by atoms with van der Waals surface area (Å²) in [4.78, 5) is 28.1. The van der Waals surface area contributed by atoms with Gasteiger partial charge in [0.15, 0.2) is 0 Å². The van der Waals surface area contributed by atoms with Crippen LogP contribution in [0.5, 0.6) is 0 Å². The largest absolute Gasteiger partial charge is 0.481 e. The number of amides is 1. The Kier molecular flexibility index (Phi) is 8.93. The second-order valence-electron chi connectivity index (χ2n) is 10.9. The summed E-state index contributed by atoms with van der Waals surface area (Å²) in [6.45, 7) is 4.58. The number of carbonyl (C=O) groups excluding carboxylic acids is 1. The quantitative estimate of drug-likeness (QED) is 0.188. The Balaban J connectivity index is 1.51. The first-order valence-corrected chi connectivity index (χ1v) is 14.3. The Labute approximate surface area is 247 Å². The summed E-state index contributed by atoms with van der Waals surface area (Å²) >= 11 is 0. The van der Waals surface area contributed by atoms with Gasteiger partial charge in [0.2, 0.25) is 0 Å². The van der Waals surface area contributed by atoms with Gasteiger partial charge in [-0.1, -0.05) is 135 Å². The van der Waals surface area contributed by atoms with E-state index in [0.29, 0.717) is 11.5 Å². The van der Waals surface area contributed by atoms with Gasteiger partial charge in [-0.05, 0) is 57.0 Å². The van der Waals surface area contributed by atoms with Crippen LogP contribution in [0, 0.1) is 0 Å². The van der Waals surface area contributed by atoms with Crippen molar-refractivity contribution in [1.82, 2.24) is 4.90 Å². The highest BCUT2D eigenvalue weighted by molar-refractivity contribution is 5.95. The number of aliphatic carboxylic acids is 1. The molecule has 0 aliphatic rings. The average Bonchev–Trinajstić information content (AvgIpc) is 3.03. The molecule has 0 heterocycles. The molecule has 0 aliphatic carbocycles. The molecule has 1 N–H and O–H groups in total. The molecule has 5 rings (SSSR count). The van der Waals surface area contributed by atoms with Crippen molar-refractivity contribution >= 4 is 11.9 Å². The lowest BCUT2D eigenvalue weighted by Gasteiger charge is -2.32. The fourth-order valence-corrected chi connectivity index (χ4v) is 5.23. The minimum Gasteiger partial charge on any atom is -0.481 e. The summed E-state index contributed by atoms with van der Waals surface area (Å²) in [6, 6.07) is 43.0. The van der Waals surface area contributed by atoms with Crippen molar-refractivity contribution in [2.24, 2.45) is 0 Å². The van der Waals surface area contributed by atoms with Crippen molar-refractivity contribution in [2.75, 3.05) is 0 Å². The van der Waals surface area contributed by atoms with Crippen LogP contribution >= 0.6 is 0 Å². The summed E-state index contributed by atoms with van der Waals surface area (Å²) in [7, 11) is 0. The minimum absolute atomic E-state index is 0.206. The third-order valence-corrected chi connectivity index (χ3v) is 7.65. The van der Waals surface area contributed by atoms with Gasteiger partial charge in [0, 0.05) is 12.1 Å². The lowest BCUT2D eigenvalue weighted by atomic mass is 9.96. The van der Waals surface area contributed by atoms with Crippen LogP contribution in [-0.4, -0.2) is 21.9 Å². The van der Waals surface area contributed by atoms with Crippen molar-refractivity contribution in [3.63, 3.8) is 0 Å². The van der Waals surface area contributed by atoms with Gasteiger partial charge in [-0.15, -0.1) is 0 Å². The predicted octanol–water partition coefficient (Wildman–Crippen LogP) is 9.00. The van der Waals surface area contributed by atoms with Crippen LogP contribution in [0.4, 0.5) is 0 Å². The summed E-state index contributed by atoms with van der Waals surface area (Å²) in [5.74, 6) is -0.775. The maximum atomic E-state index is 14.2. The fourth-order valence-electron chi connectivity index (χ4n) is 5.23. The number of benzene rings is 5. The normalized spacial score (nSPS) is 11.7. The molecule has 0 saturated heterocycles. The summed E-state index contributed by atoms with van der Waals surface area (Å²) < 4.78 is 0. The van der Waals surface area contributed by atoms with Gasteiger partial charge >= 0.3 is 5.97 Å². The lowest BCUT2D eigenvalue weighted by Crippen LogP contribution is -2.35. The molecule has 210 valence electrons. The van der Waals surface area contributed by atoms with Crippen molar-refractivity contribution in [2.45, 2.75) is 38.8 Å². The first-order valence-electron chi connectivity index (χ1n) is 14.3. The van der Waals surface area contributed by atoms with Crippen LogP contribution in [-0.2, 0) is 11.3 Å². The molecule has 5 aromatic rings.